The molecule has 0 unspecified atom stereocenters. The molecule has 3 aromatic rings. The van der Waals surface area contributed by atoms with E-state index in [0.717, 1.165) is 48.6 Å². The van der Waals surface area contributed by atoms with Crippen LogP contribution in [-0.4, -0.2) is 32.7 Å². The molecular weight excluding hydrogens is 312 g/mol. The molecule has 1 saturated heterocycles. The summed E-state index contributed by atoms with van der Waals surface area (Å²) in [6.07, 6.45) is 3.13. The van der Waals surface area contributed by atoms with Gasteiger partial charge in [0, 0.05) is 24.3 Å². The van der Waals surface area contributed by atoms with Gasteiger partial charge in [0.25, 0.3) is 5.78 Å². The van der Waals surface area contributed by atoms with Crippen LogP contribution >= 0.6 is 0 Å². The van der Waals surface area contributed by atoms with Crippen molar-refractivity contribution in [1.29, 1.82) is 5.26 Å². The van der Waals surface area contributed by atoms with Crippen molar-refractivity contribution in [1.82, 2.24) is 19.6 Å². The molecule has 3 heterocycles. The van der Waals surface area contributed by atoms with Gasteiger partial charge in [-0.2, -0.15) is 19.9 Å². The van der Waals surface area contributed by atoms with Gasteiger partial charge in [-0.3, -0.25) is 0 Å². The Kier molecular flexibility index (Phi) is 3.65. The third-order valence-corrected chi connectivity index (χ3v) is 5.33. The largest absolute Gasteiger partial charge is 0.356 e. The minimum atomic E-state index is -0.408. The molecule has 25 heavy (non-hydrogen) atoms. The molecule has 1 aromatic carbocycles. The van der Waals surface area contributed by atoms with Crippen LogP contribution in [0, 0.1) is 25.2 Å². The highest BCUT2D eigenvalue weighted by molar-refractivity contribution is 5.54. The molecule has 6 nitrogen and oxygen atoms in total. The number of aromatic nitrogens is 4. The molecule has 0 N–H and O–H groups in total. The molecule has 1 aliphatic heterocycles. The first-order chi connectivity index (χ1) is 12.1. The molecule has 4 rings (SSSR count). The fraction of sp³-hybridized carbons (Fsp3) is 0.368. The van der Waals surface area contributed by atoms with Crippen molar-refractivity contribution >= 4 is 11.6 Å². The Hall–Kier alpha value is -2.94. The van der Waals surface area contributed by atoms with E-state index in [4.69, 9.17) is 0 Å². The SMILES string of the molecule is Cc1nc2ncnn2c(N2CCC(C#N)(c3ccccc3)CC2)c1C. The lowest BCUT2D eigenvalue weighted by Gasteiger charge is -2.39. The minimum Gasteiger partial charge on any atom is -0.356 e. The summed E-state index contributed by atoms with van der Waals surface area (Å²) < 4.78 is 1.81. The van der Waals surface area contributed by atoms with Gasteiger partial charge in [0.05, 0.1) is 11.5 Å². The monoisotopic (exact) mass is 332 g/mol. The number of nitrogens with zero attached hydrogens (tertiary/aromatic N) is 6. The van der Waals surface area contributed by atoms with Crippen LogP contribution in [0.4, 0.5) is 5.82 Å². The third-order valence-electron chi connectivity index (χ3n) is 5.33. The first-order valence-electron chi connectivity index (χ1n) is 8.53. The summed E-state index contributed by atoms with van der Waals surface area (Å²) in [5.74, 6) is 1.66. The first-order valence-corrected chi connectivity index (χ1v) is 8.53. The molecule has 0 bridgehead atoms. The highest BCUT2D eigenvalue weighted by atomic mass is 15.4. The van der Waals surface area contributed by atoms with Gasteiger partial charge in [-0.05, 0) is 32.3 Å². The van der Waals surface area contributed by atoms with Crippen LogP contribution in [0.5, 0.6) is 0 Å². The van der Waals surface area contributed by atoms with Crippen molar-refractivity contribution in [2.24, 2.45) is 0 Å². The fourth-order valence-electron chi connectivity index (χ4n) is 3.71. The van der Waals surface area contributed by atoms with Crippen LogP contribution in [0.2, 0.25) is 0 Å². The lowest BCUT2D eigenvalue weighted by Crippen LogP contribution is -2.43. The molecule has 1 fully saturated rings. The van der Waals surface area contributed by atoms with Crippen LogP contribution < -0.4 is 4.90 Å². The van der Waals surface area contributed by atoms with Crippen molar-refractivity contribution in [2.45, 2.75) is 32.1 Å². The van der Waals surface area contributed by atoms with Gasteiger partial charge in [0.2, 0.25) is 0 Å². The van der Waals surface area contributed by atoms with E-state index in [1.165, 1.54) is 6.33 Å². The molecule has 0 spiro atoms. The number of hydrogen-bond donors (Lipinski definition) is 0. The zero-order chi connectivity index (χ0) is 17.4. The Morgan fingerprint density at radius 1 is 1.12 bits per heavy atom. The Bertz CT molecular complexity index is 945. The van der Waals surface area contributed by atoms with E-state index in [1.54, 1.807) is 0 Å². The smallest absolute Gasteiger partial charge is 0.254 e. The van der Waals surface area contributed by atoms with Gasteiger partial charge >= 0.3 is 0 Å². The molecule has 2 aromatic heterocycles. The molecule has 0 radical (unpaired) electrons. The zero-order valence-electron chi connectivity index (χ0n) is 14.5. The summed E-state index contributed by atoms with van der Waals surface area (Å²) in [6.45, 7) is 5.69. The summed E-state index contributed by atoms with van der Waals surface area (Å²) in [7, 11) is 0. The maximum absolute atomic E-state index is 9.88. The van der Waals surface area contributed by atoms with Gasteiger partial charge < -0.3 is 4.90 Å². The van der Waals surface area contributed by atoms with E-state index in [0.29, 0.717) is 5.78 Å². The number of aryl methyl sites for hydroxylation is 1. The van der Waals surface area contributed by atoms with Gasteiger partial charge in [-0.15, -0.1) is 0 Å². The Morgan fingerprint density at radius 3 is 2.52 bits per heavy atom. The summed E-state index contributed by atoms with van der Waals surface area (Å²) >= 11 is 0. The van der Waals surface area contributed by atoms with Crippen LogP contribution in [0.3, 0.4) is 0 Å². The van der Waals surface area contributed by atoms with E-state index in [1.807, 2.05) is 29.6 Å². The van der Waals surface area contributed by atoms with Crippen LogP contribution in [0.25, 0.3) is 5.78 Å². The summed E-state index contributed by atoms with van der Waals surface area (Å²) in [4.78, 5) is 11.0. The lowest BCUT2D eigenvalue weighted by atomic mass is 9.74. The summed E-state index contributed by atoms with van der Waals surface area (Å²) in [5.41, 5.74) is 2.79. The molecule has 0 amide bonds. The van der Waals surface area contributed by atoms with Crippen molar-refractivity contribution in [3.8, 4) is 6.07 Å². The average Bonchev–Trinajstić information content (AvgIpc) is 3.11. The second kappa shape index (κ2) is 5.85. The van der Waals surface area contributed by atoms with E-state index < -0.39 is 5.41 Å². The molecule has 1 aliphatic rings. The van der Waals surface area contributed by atoms with Gasteiger partial charge in [-0.1, -0.05) is 30.3 Å². The van der Waals surface area contributed by atoms with Crippen LogP contribution in [0.1, 0.15) is 29.7 Å². The highest BCUT2D eigenvalue weighted by Crippen LogP contribution is 2.37. The number of anilines is 1. The summed E-state index contributed by atoms with van der Waals surface area (Å²) in [6, 6.07) is 12.7. The minimum absolute atomic E-state index is 0.408. The number of piperidine rings is 1. The van der Waals surface area contributed by atoms with Gasteiger partial charge in [0.1, 0.15) is 12.1 Å². The van der Waals surface area contributed by atoms with Crippen molar-refractivity contribution in [3.63, 3.8) is 0 Å². The number of benzene rings is 1. The quantitative estimate of drug-likeness (QED) is 0.722. The van der Waals surface area contributed by atoms with E-state index in [9.17, 15) is 5.26 Å². The third kappa shape index (κ3) is 2.43. The van der Waals surface area contributed by atoms with Crippen LogP contribution in [0.15, 0.2) is 36.7 Å². The normalized spacial score (nSPS) is 16.8. The molecular formula is C19H20N6. The predicted molar refractivity (Wildman–Crippen MR) is 95.4 cm³/mol. The second-order valence-electron chi connectivity index (χ2n) is 6.66. The first kappa shape index (κ1) is 15.6. The summed E-state index contributed by atoms with van der Waals surface area (Å²) in [5, 5.41) is 14.2. The molecule has 0 aliphatic carbocycles. The van der Waals surface area contributed by atoms with E-state index in [2.05, 4.69) is 45.1 Å². The second-order valence-corrected chi connectivity index (χ2v) is 6.66. The standard InChI is InChI=1S/C19H20N6/c1-14-15(2)23-18-21-13-22-25(18)17(14)24-10-8-19(12-20,9-11-24)16-6-4-3-5-7-16/h3-7,13H,8-11H2,1-2H3. The lowest BCUT2D eigenvalue weighted by molar-refractivity contribution is 0.412. The Morgan fingerprint density at radius 2 is 1.84 bits per heavy atom. The zero-order valence-corrected chi connectivity index (χ0v) is 14.5. The number of hydrogen-bond acceptors (Lipinski definition) is 5. The average molecular weight is 332 g/mol. The highest BCUT2D eigenvalue weighted by Gasteiger charge is 2.37. The molecule has 6 heteroatoms. The molecule has 0 saturated carbocycles. The molecule has 126 valence electrons. The number of fused-ring (bicyclic) bond motifs is 1. The molecule has 0 atom stereocenters. The van der Waals surface area contributed by atoms with Gasteiger partial charge in [0.15, 0.2) is 0 Å². The maximum atomic E-state index is 9.88. The topological polar surface area (TPSA) is 70.1 Å². The predicted octanol–water partition coefficient (Wildman–Crippen LogP) is 2.80. The number of nitriles is 1. The maximum Gasteiger partial charge on any atom is 0.254 e. The Labute approximate surface area is 146 Å². The van der Waals surface area contributed by atoms with E-state index in [-0.39, 0.29) is 0 Å². The van der Waals surface area contributed by atoms with Gasteiger partial charge in [-0.25, -0.2) is 4.98 Å². The Balaban J connectivity index is 1.68. The van der Waals surface area contributed by atoms with E-state index >= 15 is 0 Å². The van der Waals surface area contributed by atoms with Crippen molar-refractivity contribution in [3.05, 3.63) is 53.5 Å². The van der Waals surface area contributed by atoms with Crippen LogP contribution in [-0.2, 0) is 5.41 Å². The fourth-order valence-corrected chi connectivity index (χ4v) is 3.71. The number of rotatable bonds is 2. The van der Waals surface area contributed by atoms with Crippen molar-refractivity contribution < 1.29 is 0 Å². The van der Waals surface area contributed by atoms with Crippen molar-refractivity contribution in [2.75, 3.05) is 18.0 Å².